The minimum absolute atomic E-state index is 0.234. The molecule has 164 valence electrons. The van der Waals surface area contributed by atoms with Crippen LogP contribution in [0.4, 0.5) is 13.2 Å². The number of halogens is 4. The molecule has 0 radical (unpaired) electrons. The minimum atomic E-state index is -5.08. The molecule has 1 aromatic carbocycles. The summed E-state index contributed by atoms with van der Waals surface area (Å²) in [6.45, 7) is 4.68. The van der Waals surface area contributed by atoms with Gasteiger partial charge in [0.2, 0.25) is 0 Å². The number of benzene rings is 1. The maximum Gasteiger partial charge on any atom is 0.490 e. The van der Waals surface area contributed by atoms with Crippen molar-refractivity contribution in [3.63, 3.8) is 0 Å². The number of amides is 1. The number of carbonyl (C=O) groups excluding carboxylic acids is 1. The van der Waals surface area contributed by atoms with Crippen LogP contribution >= 0.6 is 11.6 Å². The number of morpholine rings is 1. The number of nitrogens with zero attached hydrogens (tertiary/aromatic N) is 2. The summed E-state index contributed by atoms with van der Waals surface area (Å²) in [7, 11) is 0. The van der Waals surface area contributed by atoms with Gasteiger partial charge >= 0.3 is 12.1 Å². The average molecular weight is 450 g/mol. The van der Waals surface area contributed by atoms with Crippen LogP contribution in [-0.4, -0.2) is 72.6 Å². The molecule has 1 aromatic heterocycles. The quantitative estimate of drug-likeness (QED) is 0.723. The summed E-state index contributed by atoms with van der Waals surface area (Å²) in [5.74, 6) is -2.45. The van der Waals surface area contributed by atoms with E-state index in [0.29, 0.717) is 17.3 Å². The second-order valence-electron chi connectivity index (χ2n) is 6.10. The van der Waals surface area contributed by atoms with Gasteiger partial charge in [0.15, 0.2) is 11.5 Å². The summed E-state index contributed by atoms with van der Waals surface area (Å²) in [6.07, 6.45) is -5.08. The Bertz CT molecular complexity index is 836. The summed E-state index contributed by atoms with van der Waals surface area (Å²) in [6, 6.07) is 8.81. The van der Waals surface area contributed by atoms with Crippen LogP contribution in [0.1, 0.15) is 10.5 Å². The van der Waals surface area contributed by atoms with Crippen molar-refractivity contribution in [2.45, 2.75) is 6.18 Å². The molecule has 0 aliphatic carbocycles. The van der Waals surface area contributed by atoms with Crippen LogP contribution in [0, 0.1) is 0 Å². The zero-order valence-electron chi connectivity index (χ0n) is 15.6. The first-order valence-corrected chi connectivity index (χ1v) is 9.15. The van der Waals surface area contributed by atoms with Crippen molar-refractivity contribution >= 4 is 23.5 Å². The van der Waals surface area contributed by atoms with Gasteiger partial charge in [0, 0.05) is 42.8 Å². The van der Waals surface area contributed by atoms with E-state index in [9.17, 15) is 18.0 Å². The second kappa shape index (κ2) is 11.0. The molecule has 1 saturated heterocycles. The number of carboxylic acid groups (broad SMARTS) is 1. The highest BCUT2D eigenvalue weighted by Gasteiger charge is 2.38. The van der Waals surface area contributed by atoms with Crippen molar-refractivity contribution in [2.75, 3.05) is 39.4 Å². The topological polar surface area (TPSA) is 105 Å². The summed E-state index contributed by atoms with van der Waals surface area (Å²) in [4.78, 5) is 23.2. The number of rotatable bonds is 5. The van der Waals surface area contributed by atoms with E-state index < -0.39 is 12.1 Å². The first-order chi connectivity index (χ1) is 14.2. The normalized spacial score (nSPS) is 14.5. The van der Waals surface area contributed by atoms with Gasteiger partial charge in [-0.25, -0.2) is 4.79 Å². The van der Waals surface area contributed by atoms with E-state index in [1.165, 1.54) is 0 Å². The summed E-state index contributed by atoms with van der Waals surface area (Å²) in [5, 5.41) is 14.5. The number of ether oxygens (including phenoxy) is 1. The molecule has 8 nitrogen and oxygen atoms in total. The number of alkyl halides is 3. The Morgan fingerprint density at radius 2 is 1.80 bits per heavy atom. The van der Waals surface area contributed by atoms with Crippen molar-refractivity contribution in [1.82, 2.24) is 15.4 Å². The monoisotopic (exact) mass is 449 g/mol. The molecule has 0 spiro atoms. The zero-order chi connectivity index (χ0) is 22.1. The highest BCUT2D eigenvalue weighted by atomic mass is 35.5. The lowest BCUT2D eigenvalue weighted by molar-refractivity contribution is -0.192. The minimum Gasteiger partial charge on any atom is -0.475 e. The third-order valence-electron chi connectivity index (χ3n) is 3.93. The number of hydrogen-bond acceptors (Lipinski definition) is 6. The van der Waals surface area contributed by atoms with E-state index in [1.54, 1.807) is 18.2 Å². The van der Waals surface area contributed by atoms with Crippen molar-refractivity contribution < 1.29 is 37.1 Å². The Kier molecular flexibility index (Phi) is 8.63. The van der Waals surface area contributed by atoms with Crippen molar-refractivity contribution in [2.24, 2.45) is 0 Å². The summed E-state index contributed by atoms with van der Waals surface area (Å²) >= 11 is 5.85. The molecule has 1 aliphatic heterocycles. The van der Waals surface area contributed by atoms with Gasteiger partial charge in [-0.3, -0.25) is 9.69 Å². The van der Waals surface area contributed by atoms with E-state index >= 15 is 0 Å². The van der Waals surface area contributed by atoms with Gasteiger partial charge < -0.3 is 19.7 Å². The maximum atomic E-state index is 12.1. The van der Waals surface area contributed by atoms with Crippen molar-refractivity contribution in [3.8, 4) is 11.3 Å². The molecule has 0 saturated carbocycles. The SMILES string of the molecule is O=C(NCCN1CCOCC1)c1cc(-c2ccc(Cl)cc2)on1.O=C(O)C(F)(F)F. The Balaban J connectivity index is 0.000000396. The summed E-state index contributed by atoms with van der Waals surface area (Å²) < 4.78 is 42.3. The van der Waals surface area contributed by atoms with Crippen LogP contribution in [-0.2, 0) is 9.53 Å². The Morgan fingerprint density at radius 3 is 2.37 bits per heavy atom. The van der Waals surface area contributed by atoms with Gasteiger partial charge in [0.1, 0.15) is 0 Å². The average Bonchev–Trinajstić information content (AvgIpc) is 3.19. The highest BCUT2D eigenvalue weighted by molar-refractivity contribution is 6.30. The standard InChI is InChI=1S/C16H18ClN3O3.C2HF3O2/c17-13-3-1-12(2-4-13)15-11-14(19-23-15)16(21)18-5-6-20-7-9-22-10-8-20;3-2(4,5)1(6)7/h1-4,11H,5-10H2,(H,18,21);(H,6,7). The largest absolute Gasteiger partial charge is 0.490 e. The number of aromatic nitrogens is 1. The fraction of sp³-hybridized carbons (Fsp3) is 0.389. The maximum absolute atomic E-state index is 12.1. The van der Waals surface area contributed by atoms with Crippen molar-refractivity contribution in [1.29, 1.82) is 0 Å². The van der Waals surface area contributed by atoms with Crippen molar-refractivity contribution in [3.05, 3.63) is 41.0 Å². The molecule has 2 aromatic rings. The molecule has 2 N–H and O–H groups in total. The van der Waals surface area contributed by atoms with Crippen LogP contribution in [0.25, 0.3) is 11.3 Å². The van der Waals surface area contributed by atoms with Crippen LogP contribution in [0.3, 0.4) is 0 Å². The van der Waals surface area contributed by atoms with E-state index in [1.807, 2.05) is 12.1 Å². The molecule has 2 heterocycles. The predicted octanol–water partition coefficient (Wildman–Crippen LogP) is 2.69. The number of carbonyl (C=O) groups is 2. The van der Waals surface area contributed by atoms with E-state index in [-0.39, 0.29) is 11.6 Å². The third kappa shape index (κ3) is 7.65. The Labute approximate surface area is 174 Å². The van der Waals surface area contributed by atoms with Crippen LogP contribution in [0.15, 0.2) is 34.9 Å². The van der Waals surface area contributed by atoms with E-state index in [2.05, 4.69) is 15.4 Å². The molecule has 30 heavy (non-hydrogen) atoms. The van der Waals surface area contributed by atoms with Crippen LogP contribution in [0.2, 0.25) is 5.02 Å². The predicted molar refractivity (Wildman–Crippen MR) is 100 cm³/mol. The zero-order valence-corrected chi connectivity index (χ0v) is 16.4. The molecule has 3 rings (SSSR count). The molecule has 0 unspecified atom stereocenters. The second-order valence-corrected chi connectivity index (χ2v) is 6.53. The molecule has 1 fully saturated rings. The lowest BCUT2D eigenvalue weighted by atomic mass is 10.1. The van der Waals surface area contributed by atoms with Gasteiger partial charge in [-0.2, -0.15) is 13.2 Å². The fourth-order valence-electron chi connectivity index (χ4n) is 2.38. The number of nitrogens with one attached hydrogen (secondary N) is 1. The van der Waals surface area contributed by atoms with Crippen LogP contribution < -0.4 is 5.32 Å². The molecule has 1 amide bonds. The van der Waals surface area contributed by atoms with Gasteiger partial charge in [-0.15, -0.1) is 0 Å². The molecule has 12 heteroatoms. The van der Waals surface area contributed by atoms with Gasteiger partial charge in [0.05, 0.1) is 13.2 Å². The van der Waals surface area contributed by atoms with Crippen LogP contribution in [0.5, 0.6) is 0 Å². The smallest absolute Gasteiger partial charge is 0.475 e. The molecule has 0 atom stereocenters. The lowest BCUT2D eigenvalue weighted by Gasteiger charge is -2.26. The summed E-state index contributed by atoms with van der Waals surface area (Å²) in [5.41, 5.74) is 1.10. The Hall–Kier alpha value is -2.63. The molecule has 1 aliphatic rings. The highest BCUT2D eigenvalue weighted by Crippen LogP contribution is 2.22. The molecular weight excluding hydrogens is 431 g/mol. The van der Waals surface area contributed by atoms with E-state index in [4.69, 9.17) is 30.8 Å². The van der Waals surface area contributed by atoms with Gasteiger partial charge in [-0.05, 0) is 24.3 Å². The molecular formula is C18H19ClF3N3O5. The Morgan fingerprint density at radius 1 is 1.20 bits per heavy atom. The van der Waals surface area contributed by atoms with Gasteiger partial charge in [0.25, 0.3) is 5.91 Å². The number of carboxylic acids is 1. The number of hydrogen-bond donors (Lipinski definition) is 2. The third-order valence-corrected chi connectivity index (χ3v) is 4.18. The molecule has 0 bridgehead atoms. The van der Waals surface area contributed by atoms with Gasteiger partial charge in [-0.1, -0.05) is 16.8 Å². The first kappa shape index (κ1) is 23.6. The lowest BCUT2D eigenvalue weighted by Crippen LogP contribution is -2.41. The first-order valence-electron chi connectivity index (χ1n) is 8.78. The van der Waals surface area contributed by atoms with E-state index in [0.717, 1.165) is 38.4 Å². The fourth-order valence-corrected chi connectivity index (χ4v) is 2.50. The number of aliphatic carboxylic acids is 1.